The van der Waals surface area contributed by atoms with E-state index in [4.69, 9.17) is 0 Å². The fourth-order valence-electron chi connectivity index (χ4n) is 1.68. The lowest BCUT2D eigenvalue weighted by molar-refractivity contribution is -0.104. The van der Waals surface area contributed by atoms with Gasteiger partial charge in [0.25, 0.3) is 0 Å². The van der Waals surface area contributed by atoms with Crippen molar-refractivity contribution >= 4 is 11.9 Å². The van der Waals surface area contributed by atoms with Gasteiger partial charge in [0.15, 0.2) is 0 Å². The molecule has 1 nitrogen and oxygen atoms in total. The number of carbonyl (C=O) groups is 1. The maximum absolute atomic E-state index is 10.5. The number of allylic oxidation sites excluding steroid dienone is 2. The van der Waals surface area contributed by atoms with Gasteiger partial charge in [0, 0.05) is 0 Å². The van der Waals surface area contributed by atoms with Crippen LogP contribution in [0.5, 0.6) is 0 Å². The van der Waals surface area contributed by atoms with Gasteiger partial charge in [-0.25, -0.2) is 0 Å². The summed E-state index contributed by atoms with van der Waals surface area (Å²) < 4.78 is 0. The summed E-state index contributed by atoms with van der Waals surface area (Å²) in [5.74, 6) is 0.628. The van der Waals surface area contributed by atoms with Gasteiger partial charge in [-0.1, -0.05) is 29.8 Å². The van der Waals surface area contributed by atoms with Crippen LogP contribution in [0, 0.1) is 12.8 Å². The lowest BCUT2D eigenvalue weighted by atomic mass is 10.0. The largest absolute Gasteiger partial charge is 0.299 e. The summed E-state index contributed by atoms with van der Waals surface area (Å²) in [6.45, 7) is 2.07. The molecule has 1 aliphatic carbocycles. The predicted octanol–water partition coefficient (Wildman–Crippen LogP) is 2.99. The van der Waals surface area contributed by atoms with Crippen molar-refractivity contribution in [3.63, 3.8) is 0 Å². The van der Waals surface area contributed by atoms with Crippen molar-refractivity contribution in [3.05, 3.63) is 41.5 Å². The Balaban J connectivity index is 2.30. The SMILES string of the molecule is Cc1ccc(/C(=C\C=O)C2CC2)cc1. The van der Waals surface area contributed by atoms with Crippen LogP contribution in [-0.4, -0.2) is 6.29 Å². The number of aryl methyl sites for hydroxylation is 1. The van der Waals surface area contributed by atoms with Crippen LogP contribution in [0.2, 0.25) is 0 Å². The van der Waals surface area contributed by atoms with Crippen molar-refractivity contribution in [3.8, 4) is 0 Å². The number of rotatable bonds is 3. The fraction of sp³-hybridized carbons (Fsp3) is 0.308. The molecule has 0 N–H and O–H groups in total. The second-order valence-electron chi connectivity index (χ2n) is 3.90. The molecule has 0 amide bonds. The number of hydrogen-bond acceptors (Lipinski definition) is 1. The third-order valence-corrected chi connectivity index (χ3v) is 2.65. The van der Waals surface area contributed by atoms with Crippen LogP contribution in [0.15, 0.2) is 30.3 Å². The minimum Gasteiger partial charge on any atom is -0.299 e. The van der Waals surface area contributed by atoms with E-state index in [0.29, 0.717) is 5.92 Å². The molecule has 72 valence electrons. The Labute approximate surface area is 84.5 Å². The van der Waals surface area contributed by atoms with Crippen LogP contribution in [0.3, 0.4) is 0 Å². The van der Waals surface area contributed by atoms with Crippen molar-refractivity contribution in [1.29, 1.82) is 0 Å². The van der Waals surface area contributed by atoms with Crippen LogP contribution in [0.4, 0.5) is 0 Å². The third kappa shape index (κ3) is 1.92. The van der Waals surface area contributed by atoms with E-state index in [1.807, 2.05) is 0 Å². The van der Waals surface area contributed by atoms with E-state index in [0.717, 1.165) is 6.29 Å². The quantitative estimate of drug-likeness (QED) is 0.524. The number of benzene rings is 1. The van der Waals surface area contributed by atoms with Gasteiger partial charge >= 0.3 is 0 Å². The van der Waals surface area contributed by atoms with Gasteiger partial charge in [-0.2, -0.15) is 0 Å². The maximum Gasteiger partial charge on any atom is 0.143 e. The van der Waals surface area contributed by atoms with Crippen molar-refractivity contribution < 1.29 is 4.79 Å². The van der Waals surface area contributed by atoms with E-state index in [1.54, 1.807) is 6.08 Å². The summed E-state index contributed by atoms with van der Waals surface area (Å²) in [6.07, 6.45) is 5.07. The molecular formula is C13H14O. The minimum absolute atomic E-state index is 0.628. The smallest absolute Gasteiger partial charge is 0.143 e. The molecule has 0 aromatic heterocycles. The topological polar surface area (TPSA) is 17.1 Å². The molecule has 1 aromatic rings. The van der Waals surface area contributed by atoms with Crippen LogP contribution in [0.1, 0.15) is 24.0 Å². The first-order valence-corrected chi connectivity index (χ1v) is 5.03. The van der Waals surface area contributed by atoms with E-state index < -0.39 is 0 Å². The highest BCUT2D eigenvalue weighted by Crippen LogP contribution is 2.41. The Morgan fingerprint density at radius 1 is 1.29 bits per heavy atom. The minimum atomic E-state index is 0.628. The average molecular weight is 186 g/mol. The Morgan fingerprint density at radius 2 is 1.93 bits per heavy atom. The Bertz CT molecular complexity index is 355. The van der Waals surface area contributed by atoms with E-state index in [9.17, 15) is 4.79 Å². The van der Waals surface area contributed by atoms with Crippen LogP contribution in [-0.2, 0) is 4.79 Å². The summed E-state index contributed by atoms with van der Waals surface area (Å²) in [7, 11) is 0. The molecular weight excluding hydrogens is 172 g/mol. The fourth-order valence-corrected chi connectivity index (χ4v) is 1.68. The molecule has 14 heavy (non-hydrogen) atoms. The molecule has 0 atom stereocenters. The highest BCUT2D eigenvalue weighted by molar-refractivity contribution is 5.83. The molecule has 1 fully saturated rings. The van der Waals surface area contributed by atoms with Gasteiger partial charge in [0.1, 0.15) is 6.29 Å². The van der Waals surface area contributed by atoms with Crippen molar-refractivity contribution in [2.45, 2.75) is 19.8 Å². The zero-order valence-electron chi connectivity index (χ0n) is 8.36. The van der Waals surface area contributed by atoms with Gasteiger partial charge in [-0.15, -0.1) is 0 Å². The van der Waals surface area contributed by atoms with Crippen molar-refractivity contribution in [2.24, 2.45) is 5.92 Å². The van der Waals surface area contributed by atoms with Gasteiger partial charge in [-0.05, 0) is 42.9 Å². The first-order valence-electron chi connectivity index (χ1n) is 5.03. The van der Waals surface area contributed by atoms with Crippen LogP contribution >= 0.6 is 0 Å². The van der Waals surface area contributed by atoms with Gasteiger partial charge < -0.3 is 0 Å². The summed E-state index contributed by atoms with van der Waals surface area (Å²) in [6, 6.07) is 8.39. The lowest BCUT2D eigenvalue weighted by Gasteiger charge is -2.04. The molecule has 0 spiro atoms. The standard InChI is InChI=1S/C13H14O/c1-10-2-4-11(5-3-10)13(8-9-14)12-6-7-12/h2-5,8-9,12H,6-7H2,1H3/b13-8+. The van der Waals surface area contributed by atoms with Crippen LogP contribution in [0.25, 0.3) is 5.57 Å². The second-order valence-corrected chi connectivity index (χ2v) is 3.90. The molecule has 1 aromatic carbocycles. The van der Waals surface area contributed by atoms with E-state index >= 15 is 0 Å². The van der Waals surface area contributed by atoms with Crippen molar-refractivity contribution in [1.82, 2.24) is 0 Å². The number of hydrogen-bond donors (Lipinski definition) is 0. The summed E-state index contributed by atoms with van der Waals surface area (Å²) in [4.78, 5) is 10.5. The molecule has 0 radical (unpaired) electrons. The van der Waals surface area contributed by atoms with E-state index in [-0.39, 0.29) is 0 Å². The lowest BCUT2D eigenvalue weighted by Crippen LogP contribution is -1.87. The number of carbonyl (C=O) groups excluding carboxylic acids is 1. The molecule has 1 saturated carbocycles. The summed E-state index contributed by atoms with van der Waals surface area (Å²) in [5.41, 5.74) is 3.67. The van der Waals surface area contributed by atoms with Gasteiger partial charge in [-0.3, -0.25) is 4.79 Å². The zero-order valence-corrected chi connectivity index (χ0v) is 8.36. The molecule has 0 heterocycles. The van der Waals surface area contributed by atoms with Crippen LogP contribution < -0.4 is 0 Å². The van der Waals surface area contributed by atoms with Gasteiger partial charge in [0.2, 0.25) is 0 Å². The van der Waals surface area contributed by atoms with Gasteiger partial charge in [0.05, 0.1) is 0 Å². The third-order valence-electron chi connectivity index (χ3n) is 2.65. The monoisotopic (exact) mass is 186 g/mol. The van der Waals surface area contributed by atoms with Crippen molar-refractivity contribution in [2.75, 3.05) is 0 Å². The first-order chi connectivity index (χ1) is 6.81. The Kier molecular flexibility index (Phi) is 2.49. The zero-order chi connectivity index (χ0) is 9.97. The highest BCUT2D eigenvalue weighted by Gasteiger charge is 2.26. The summed E-state index contributed by atoms with van der Waals surface area (Å²) >= 11 is 0. The predicted molar refractivity (Wildman–Crippen MR) is 57.9 cm³/mol. The second kappa shape index (κ2) is 3.79. The molecule has 0 unspecified atom stereocenters. The molecule has 1 aliphatic rings. The molecule has 0 saturated heterocycles. The molecule has 0 bridgehead atoms. The Hall–Kier alpha value is -1.37. The number of aldehydes is 1. The molecule has 0 aliphatic heterocycles. The first kappa shape index (κ1) is 9.20. The normalized spacial score (nSPS) is 16.8. The Morgan fingerprint density at radius 3 is 2.43 bits per heavy atom. The average Bonchev–Trinajstić information content (AvgIpc) is 2.99. The summed E-state index contributed by atoms with van der Waals surface area (Å²) in [5, 5.41) is 0. The highest BCUT2D eigenvalue weighted by atomic mass is 16.1. The molecule has 1 heteroatoms. The maximum atomic E-state index is 10.5. The van der Waals surface area contributed by atoms with E-state index in [1.165, 1.54) is 29.5 Å². The van der Waals surface area contributed by atoms with E-state index in [2.05, 4.69) is 31.2 Å². The molecule has 2 rings (SSSR count).